The third-order valence-corrected chi connectivity index (χ3v) is 10.9. The lowest BCUT2D eigenvalue weighted by molar-refractivity contribution is 0.00290. The van der Waals surface area contributed by atoms with Gasteiger partial charge in [0.15, 0.2) is 0 Å². The molecule has 34 heavy (non-hydrogen) atoms. The number of hydrogen-bond donors (Lipinski definition) is 0. The van der Waals surface area contributed by atoms with Gasteiger partial charge in [-0.25, -0.2) is 0 Å². The molecule has 0 spiro atoms. The van der Waals surface area contributed by atoms with Crippen molar-refractivity contribution in [2.24, 2.45) is 40.9 Å². The van der Waals surface area contributed by atoms with Crippen LogP contribution in [0.1, 0.15) is 176 Å². The molecule has 0 N–H and O–H groups in total. The Morgan fingerprint density at radius 3 is 1.35 bits per heavy atom. The second-order valence-electron chi connectivity index (χ2n) is 13.6. The molecular formula is C34H66. The highest BCUT2D eigenvalue weighted by atomic mass is 14.5. The van der Waals surface area contributed by atoms with E-state index >= 15 is 0 Å². The fourth-order valence-corrected chi connectivity index (χ4v) is 8.49. The zero-order valence-electron chi connectivity index (χ0n) is 24.8. The van der Waals surface area contributed by atoms with E-state index in [-0.39, 0.29) is 0 Å². The zero-order valence-corrected chi connectivity index (χ0v) is 24.8. The Bertz CT molecular complexity index is 494. The second-order valence-corrected chi connectivity index (χ2v) is 13.6. The lowest BCUT2D eigenvalue weighted by Crippen LogP contribution is -2.41. The molecule has 0 amide bonds. The van der Waals surface area contributed by atoms with Crippen LogP contribution in [0.2, 0.25) is 0 Å². The molecule has 2 aliphatic carbocycles. The second kappa shape index (κ2) is 16.7. The first-order valence-electron chi connectivity index (χ1n) is 16.4. The van der Waals surface area contributed by atoms with Crippen LogP contribution in [0, 0.1) is 40.9 Å². The van der Waals surface area contributed by atoms with E-state index in [1.807, 2.05) is 0 Å². The van der Waals surface area contributed by atoms with Gasteiger partial charge in [0, 0.05) is 0 Å². The van der Waals surface area contributed by atoms with Gasteiger partial charge < -0.3 is 0 Å². The summed E-state index contributed by atoms with van der Waals surface area (Å²) < 4.78 is 0. The van der Waals surface area contributed by atoms with Crippen LogP contribution in [0.4, 0.5) is 0 Å². The molecule has 0 bridgehead atoms. The summed E-state index contributed by atoms with van der Waals surface area (Å²) in [6.45, 7) is 15.4. The molecule has 0 heteroatoms. The van der Waals surface area contributed by atoms with Crippen molar-refractivity contribution in [3.63, 3.8) is 0 Å². The van der Waals surface area contributed by atoms with Crippen molar-refractivity contribution in [2.45, 2.75) is 176 Å². The molecule has 0 aromatic heterocycles. The summed E-state index contributed by atoms with van der Waals surface area (Å²) in [6, 6.07) is 0. The van der Waals surface area contributed by atoms with Crippen molar-refractivity contribution in [2.75, 3.05) is 0 Å². The predicted octanol–water partition coefficient (Wildman–Crippen LogP) is 12.0. The van der Waals surface area contributed by atoms with Gasteiger partial charge in [0.2, 0.25) is 0 Å². The largest absolute Gasteiger partial charge is 0.0654 e. The first kappa shape index (κ1) is 30.2. The first-order valence-corrected chi connectivity index (χ1v) is 16.4. The predicted molar refractivity (Wildman–Crippen MR) is 154 cm³/mol. The van der Waals surface area contributed by atoms with E-state index in [0.717, 1.165) is 35.5 Å². The summed E-state index contributed by atoms with van der Waals surface area (Å²) in [5.74, 6) is 5.69. The SMILES string of the molecule is CCCC1(CC)C(C)CCC(C)CCCCC2CCCCC(C)CCCCC(C)CCCCC21. The normalized spacial score (nSPS) is 39.0. The zero-order chi connectivity index (χ0) is 24.8. The molecule has 2 fully saturated rings. The molecule has 0 aliphatic heterocycles. The first-order chi connectivity index (χ1) is 16.4. The van der Waals surface area contributed by atoms with E-state index in [2.05, 4.69) is 41.5 Å². The van der Waals surface area contributed by atoms with Gasteiger partial charge in [-0.1, -0.05) is 151 Å². The van der Waals surface area contributed by atoms with Crippen molar-refractivity contribution in [3.05, 3.63) is 0 Å². The summed E-state index contributed by atoms with van der Waals surface area (Å²) in [5.41, 5.74) is 0.591. The average molecular weight is 475 g/mol. The summed E-state index contributed by atoms with van der Waals surface area (Å²) >= 11 is 0. The lowest BCUT2D eigenvalue weighted by atomic mass is 9.56. The minimum Gasteiger partial charge on any atom is -0.0654 e. The Kier molecular flexibility index (Phi) is 14.8. The standard InChI is InChI=1S/C34H66/c1-7-27-34(8-2)31(6)26-25-30(5)21-12-15-23-32-22-14-11-19-28(3)17-9-10-18-29(4)20-13-16-24-33(32)34/h28-33H,7-27H2,1-6H3. The van der Waals surface area contributed by atoms with Gasteiger partial charge in [-0.15, -0.1) is 0 Å². The van der Waals surface area contributed by atoms with E-state index in [0.29, 0.717) is 5.41 Å². The topological polar surface area (TPSA) is 0 Å². The molecule has 2 saturated carbocycles. The Balaban J connectivity index is 2.29. The van der Waals surface area contributed by atoms with Gasteiger partial charge in [-0.2, -0.15) is 0 Å². The highest BCUT2D eigenvalue weighted by Gasteiger charge is 2.43. The van der Waals surface area contributed by atoms with E-state index in [4.69, 9.17) is 0 Å². The third kappa shape index (κ3) is 9.81. The summed E-state index contributed by atoms with van der Waals surface area (Å²) in [5, 5.41) is 0. The van der Waals surface area contributed by atoms with Crippen molar-refractivity contribution < 1.29 is 0 Å². The van der Waals surface area contributed by atoms with Crippen LogP contribution in [0.3, 0.4) is 0 Å². The molecule has 0 heterocycles. The van der Waals surface area contributed by atoms with Crippen LogP contribution in [-0.4, -0.2) is 0 Å². The van der Waals surface area contributed by atoms with E-state index in [1.165, 1.54) is 135 Å². The highest BCUT2D eigenvalue weighted by Crippen LogP contribution is 2.53. The Hall–Kier alpha value is 0. The molecular weight excluding hydrogens is 408 g/mol. The van der Waals surface area contributed by atoms with Crippen LogP contribution >= 0.6 is 0 Å². The molecule has 0 aromatic carbocycles. The quantitative estimate of drug-likeness (QED) is 0.381. The molecule has 7 atom stereocenters. The number of hydrogen-bond acceptors (Lipinski definition) is 0. The molecule has 0 saturated heterocycles. The lowest BCUT2D eigenvalue weighted by Gasteiger charge is -2.49. The molecule has 7 unspecified atom stereocenters. The van der Waals surface area contributed by atoms with E-state index < -0.39 is 0 Å². The van der Waals surface area contributed by atoms with Crippen LogP contribution < -0.4 is 0 Å². The summed E-state index contributed by atoms with van der Waals surface area (Å²) in [6.07, 6.45) is 31.1. The minimum atomic E-state index is 0.591. The minimum absolute atomic E-state index is 0.591. The maximum Gasteiger partial charge on any atom is -0.0244 e. The van der Waals surface area contributed by atoms with Gasteiger partial charge in [0.25, 0.3) is 0 Å². The Morgan fingerprint density at radius 1 is 0.500 bits per heavy atom. The van der Waals surface area contributed by atoms with Gasteiger partial charge >= 0.3 is 0 Å². The maximum atomic E-state index is 2.68. The monoisotopic (exact) mass is 475 g/mol. The van der Waals surface area contributed by atoms with Gasteiger partial charge in [-0.05, 0) is 66.6 Å². The Morgan fingerprint density at radius 2 is 0.912 bits per heavy atom. The third-order valence-electron chi connectivity index (χ3n) is 10.9. The average Bonchev–Trinajstić information content (AvgIpc) is 2.84. The molecule has 0 aromatic rings. The Labute approximate surface area is 217 Å². The van der Waals surface area contributed by atoms with Crippen molar-refractivity contribution >= 4 is 0 Å². The van der Waals surface area contributed by atoms with Crippen molar-refractivity contribution in [3.8, 4) is 0 Å². The molecule has 0 radical (unpaired) electrons. The maximum absolute atomic E-state index is 2.68. The molecule has 0 nitrogen and oxygen atoms in total. The number of fused-ring (bicyclic) bond motifs is 1. The van der Waals surface area contributed by atoms with E-state index in [1.54, 1.807) is 0 Å². The van der Waals surface area contributed by atoms with Crippen molar-refractivity contribution in [1.82, 2.24) is 0 Å². The number of rotatable bonds is 3. The fourth-order valence-electron chi connectivity index (χ4n) is 8.49. The van der Waals surface area contributed by atoms with Gasteiger partial charge in [-0.3, -0.25) is 0 Å². The van der Waals surface area contributed by atoms with Crippen LogP contribution in [0.25, 0.3) is 0 Å². The van der Waals surface area contributed by atoms with Gasteiger partial charge in [0.1, 0.15) is 0 Å². The fraction of sp³-hybridized carbons (Fsp3) is 1.00. The highest BCUT2D eigenvalue weighted by molar-refractivity contribution is 4.93. The van der Waals surface area contributed by atoms with Gasteiger partial charge in [0.05, 0.1) is 0 Å². The molecule has 2 aliphatic rings. The summed E-state index contributed by atoms with van der Waals surface area (Å²) in [7, 11) is 0. The van der Waals surface area contributed by atoms with Crippen LogP contribution in [0.5, 0.6) is 0 Å². The smallest absolute Gasteiger partial charge is 0.0244 e. The molecule has 2 rings (SSSR count). The summed E-state index contributed by atoms with van der Waals surface area (Å²) in [4.78, 5) is 0. The van der Waals surface area contributed by atoms with Crippen LogP contribution in [0.15, 0.2) is 0 Å². The van der Waals surface area contributed by atoms with Crippen LogP contribution in [-0.2, 0) is 0 Å². The van der Waals surface area contributed by atoms with E-state index in [9.17, 15) is 0 Å². The molecule has 202 valence electrons. The van der Waals surface area contributed by atoms with Crippen molar-refractivity contribution in [1.29, 1.82) is 0 Å².